The van der Waals surface area contributed by atoms with Crippen LogP contribution in [0, 0.1) is 20.8 Å². The Balaban J connectivity index is 1.51. The molecule has 0 spiro atoms. The molecule has 3 amide bonds. The Morgan fingerprint density at radius 3 is 2.46 bits per heavy atom. The highest BCUT2D eigenvalue weighted by Gasteiger charge is 2.24. The fraction of sp³-hybridized carbons (Fsp3) is 0.357. The summed E-state index contributed by atoms with van der Waals surface area (Å²) in [5.74, 6) is 2.53. The number of carbonyl (C=O) groups excluding carboxylic acids is 2. The minimum Gasteiger partial charge on any atom is -0.464 e. The Labute approximate surface area is 216 Å². The molecule has 3 aromatic rings. The van der Waals surface area contributed by atoms with E-state index in [2.05, 4.69) is 5.32 Å². The van der Waals surface area contributed by atoms with E-state index in [1.54, 1.807) is 12.0 Å². The van der Waals surface area contributed by atoms with Gasteiger partial charge in [-0.15, -0.1) is 0 Å². The first-order valence-corrected chi connectivity index (χ1v) is 12.2. The molecule has 0 fully saturated rings. The predicted molar refractivity (Wildman–Crippen MR) is 139 cm³/mol. The molecule has 0 unspecified atom stereocenters. The predicted octanol–water partition coefficient (Wildman–Crippen LogP) is 4.64. The maximum absolute atomic E-state index is 13.6. The van der Waals surface area contributed by atoms with Gasteiger partial charge in [0, 0.05) is 25.9 Å². The van der Waals surface area contributed by atoms with Crippen LogP contribution in [0.1, 0.15) is 28.2 Å². The number of carbonyl (C=O) groups is 2. The van der Waals surface area contributed by atoms with Crippen molar-refractivity contribution in [2.24, 2.45) is 0 Å². The van der Waals surface area contributed by atoms with E-state index in [0.717, 1.165) is 22.5 Å². The molecule has 1 aliphatic rings. The third-order valence-electron chi connectivity index (χ3n) is 6.24. The van der Waals surface area contributed by atoms with Crippen molar-refractivity contribution >= 4 is 17.6 Å². The maximum atomic E-state index is 13.6. The Bertz CT molecular complexity index is 1250. The summed E-state index contributed by atoms with van der Waals surface area (Å²) in [5, 5.41) is 2.91. The van der Waals surface area contributed by atoms with Gasteiger partial charge in [0.2, 0.25) is 12.7 Å². The molecule has 0 bridgehead atoms. The minimum absolute atomic E-state index is 0.121. The number of fused-ring (bicyclic) bond motifs is 1. The number of rotatable bonds is 10. The van der Waals surface area contributed by atoms with Crippen molar-refractivity contribution in [2.75, 3.05) is 38.9 Å². The van der Waals surface area contributed by atoms with Gasteiger partial charge < -0.3 is 33.7 Å². The number of hydrogen-bond acceptors (Lipinski definition) is 6. The van der Waals surface area contributed by atoms with Gasteiger partial charge in [-0.2, -0.15) is 0 Å². The smallest absolute Gasteiger partial charge is 0.322 e. The van der Waals surface area contributed by atoms with Crippen LogP contribution in [0.2, 0.25) is 0 Å². The third-order valence-corrected chi connectivity index (χ3v) is 6.24. The molecular formula is C28H33N3O6. The van der Waals surface area contributed by atoms with E-state index in [1.807, 2.05) is 69.3 Å². The summed E-state index contributed by atoms with van der Waals surface area (Å²) in [6.07, 6.45) is 0. The van der Waals surface area contributed by atoms with Gasteiger partial charge in [0.05, 0.1) is 13.2 Å². The largest absolute Gasteiger partial charge is 0.464 e. The molecule has 0 atom stereocenters. The van der Waals surface area contributed by atoms with Crippen LogP contribution >= 0.6 is 0 Å². The van der Waals surface area contributed by atoms with Crippen molar-refractivity contribution in [1.82, 2.24) is 9.80 Å². The first kappa shape index (κ1) is 26.1. The van der Waals surface area contributed by atoms with E-state index in [1.165, 1.54) is 4.90 Å². The van der Waals surface area contributed by atoms with Crippen LogP contribution in [0.4, 0.5) is 10.5 Å². The second-order valence-electron chi connectivity index (χ2n) is 9.09. The zero-order chi connectivity index (χ0) is 26.4. The van der Waals surface area contributed by atoms with Gasteiger partial charge in [0.15, 0.2) is 11.5 Å². The molecule has 0 saturated heterocycles. The van der Waals surface area contributed by atoms with Gasteiger partial charge in [-0.25, -0.2) is 4.79 Å². The standard InChI is InChI=1S/C28H33N3O6/c1-19-5-8-23(13-20(19)2)29-28(33)30(11-12-34-4)17-27(32)31(16-24-9-6-21(3)37-24)15-22-7-10-25-26(14-22)36-18-35-25/h5-10,13-14H,11-12,15-18H2,1-4H3,(H,29,33). The highest BCUT2D eigenvalue weighted by molar-refractivity contribution is 5.92. The SMILES string of the molecule is COCCN(CC(=O)N(Cc1ccc2c(c1)OCO2)Cc1ccc(C)o1)C(=O)Nc1ccc(C)c(C)c1. The highest BCUT2D eigenvalue weighted by Crippen LogP contribution is 2.33. The number of ether oxygens (including phenoxy) is 3. The number of urea groups is 1. The summed E-state index contributed by atoms with van der Waals surface area (Å²) >= 11 is 0. The number of furan rings is 1. The lowest BCUT2D eigenvalue weighted by Gasteiger charge is -2.27. The molecule has 4 rings (SSSR count). The fourth-order valence-corrected chi connectivity index (χ4v) is 3.99. The Kier molecular flexibility index (Phi) is 8.35. The van der Waals surface area contributed by atoms with Gasteiger partial charge >= 0.3 is 6.03 Å². The van der Waals surface area contributed by atoms with Crippen LogP contribution in [-0.4, -0.2) is 55.3 Å². The summed E-state index contributed by atoms with van der Waals surface area (Å²) in [6, 6.07) is 14.7. The lowest BCUT2D eigenvalue weighted by Crippen LogP contribution is -2.45. The lowest BCUT2D eigenvalue weighted by molar-refractivity contribution is -0.133. The molecule has 2 aromatic carbocycles. The van der Waals surface area contributed by atoms with E-state index < -0.39 is 0 Å². The second kappa shape index (κ2) is 11.8. The second-order valence-corrected chi connectivity index (χ2v) is 9.09. The lowest BCUT2D eigenvalue weighted by atomic mass is 10.1. The van der Waals surface area contributed by atoms with Crippen molar-refractivity contribution < 1.29 is 28.2 Å². The Hall–Kier alpha value is -3.98. The maximum Gasteiger partial charge on any atom is 0.322 e. The number of methoxy groups -OCH3 is 1. The zero-order valence-electron chi connectivity index (χ0n) is 21.7. The number of benzene rings is 2. The molecule has 9 heteroatoms. The summed E-state index contributed by atoms with van der Waals surface area (Å²) < 4.78 is 21.8. The van der Waals surface area contributed by atoms with Crippen molar-refractivity contribution in [3.05, 3.63) is 76.7 Å². The van der Waals surface area contributed by atoms with Crippen LogP contribution in [-0.2, 0) is 22.6 Å². The molecular weight excluding hydrogens is 474 g/mol. The van der Waals surface area contributed by atoms with Crippen LogP contribution in [0.15, 0.2) is 52.9 Å². The van der Waals surface area contributed by atoms with Crippen molar-refractivity contribution in [3.8, 4) is 11.5 Å². The van der Waals surface area contributed by atoms with Gasteiger partial charge in [-0.3, -0.25) is 4.79 Å². The molecule has 1 N–H and O–H groups in total. The summed E-state index contributed by atoms with van der Waals surface area (Å²) in [5.41, 5.74) is 3.76. The summed E-state index contributed by atoms with van der Waals surface area (Å²) in [4.78, 5) is 29.9. The van der Waals surface area contributed by atoms with Gasteiger partial charge in [0.25, 0.3) is 0 Å². The monoisotopic (exact) mass is 507 g/mol. The van der Waals surface area contributed by atoms with Gasteiger partial charge in [-0.1, -0.05) is 12.1 Å². The normalized spacial score (nSPS) is 11.9. The summed E-state index contributed by atoms with van der Waals surface area (Å²) in [6.45, 7) is 7.05. The number of nitrogens with zero attached hydrogens (tertiary/aromatic N) is 2. The quantitative estimate of drug-likeness (QED) is 0.430. The van der Waals surface area contributed by atoms with Crippen molar-refractivity contribution in [2.45, 2.75) is 33.9 Å². The molecule has 9 nitrogen and oxygen atoms in total. The summed E-state index contributed by atoms with van der Waals surface area (Å²) in [7, 11) is 1.56. The molecule has 0 saturated carbocycles. The molecule has 2 heterocycles. The van der Waals surface area contributed by atoms with Gasteiger partial charge in [0.1, 0.15) is 18.1 Å². The van der Waals surface area contributed by atoms with Crippen LogP contribution < -0.4 is 14.8 Å². The van der Waals surface area contributed by atoms with E-state index in [0.29, 0.717) is 36.1 Å². The van der Waals surface area contributed by atoms with Gasteiger partial charge in [-0.05, 0) is 73.9 Å². The van der Waals surface area contributed by atoms with Crippen molar-refractivity contribution in [1.29, 1.82) is 0 Å². The molecule has 1 aromatic heterocycles. The van der Waals surface area contributed by atoms with Crippen LogP contribution in [0.25, 0.3) is 0 Å². The number of aryl methyl sites for hydroxylation is 3. The Morgan fingerprint density at radius 1 is 0.919 bits per heavy atom. The van der Waals surface area contributed by atoms with Crippen LogP contribution in [0.5, 0.6) is 11.5 Å². The number of amides is 3. The Morgan fingerprint density at radius 2 is 1.73 bits per heavy atom. The average molecular weight is 508 g/mol. The molecule has 196 valence electrons. The fourth-order valence-electron chi connectivity index (χ4n) is 3.99. The topological polar surface area (TPSA) is 93.5 Å². The first-order valence-electron chi connectivity index (χ1n) is 12.2. The van der Waals surface area contributed by atoms with E-state index in [4.69, 9.17) is 18.6 Å². The zero-order valence-corrected chi connectivity index (χ0v) is 21.7. The average Bonchev–Trinajstić information content (AvgIpc) is 3.51. The molecule has 37 heavy (non-hydrogen) atoms. The minimum atomic E-state index is -0.370. The van der Waals surface area contributed by atoms with E-state index >= 15 is 0 Å². The molecule has 0 radical (unpaired) electrons. The van der Waals surface area contributed by atoms with E-state index in [9.17, 15) is 9.59 Å². The molecule has 1 aliphatic heterocycles. The molecule has 0 aliphatic carbocycles. The number of anilines is 1. The van der Waals surface area contributed by atoms with Crippen LogP contribution in [0.3, 0.4) is 0 Å². The number of hydrogen-bond donors (Lipinski definition) is 1. The number of nitrogens with one attached hydrogen (secondary N) is 1. The van der Waals surface area contributed by atoms with Crippen molar-refractivity contribution in [3.63, 3.8) is 0 Å². The third kappa shape index (κ3) is 6.83. The first-order chi connectivity index (χ1) is 17.8. The van der Waals surface area contributed by atoms with E-state index in [-0.39, 0.29) is 38.4 Å². The highest BCUT2D eigenvalue weighted by atomic mass is 16.7.